The van der Waals surface area contributed by atoms with Gasteiger partial charge >= 0.3 is 0 Å². The molecule has 1 aromatic heterocycles. The van der Waals surface area contributed by atoms with Crippen LogP contribution < -0.4 is 5.32 Å². The highest BCUT2D eigenvalue weighted by Gasteiger charge is 2.28. The van der Waals surface area contributed by atoms with Crippen molar-refractivity contribution >= 4 is 27.3 Å². The molecule has 0 aliphatic rings. The second-order valence-corrected chi connectivity index (χ2v) is 8.56. The fourth-order valence-corrected chi connectivity index (χ4v) is 4.36. The van der Waals surface area contributed by atoms with Gasteiger partial charge in [-0.25, -0.2) is 8.42 Å². The van der Waals surface area contributed by atoms with Crippen molar-refractivity contribution < 1.29 is 12.8 Å². The van der Waals surface area contributed by atoms with E-state index in [2.05, 4.69) is 10.3 Å². The Morgan fingerprint density at radius 1 is 0.862 bits per heavy atom. The summed E-state index contributed by atoms with van der Waals surface area (Å²) in [5.74, 6) is 0.216. The smallest absolute Gasteiger partial charge is 0.234 e. The third-order valence-electron chi connectivity index (χ3n) is 4.30. The Hall–Kier alpha value is -3.09. The molecule has 1 N–H and O–H groups in total. The summed E-state index contributed by atoms with van der Waals surface area (Å²) in [6.45, 7) is 0.384. The van der Waals surface area contributed by atoms with Crippen molar-refractivity contribution in [1.82, 2.24) is 4.98 Å². The van der Waals surface area contributed by atoms with Crippen molar-refractivity contribution in [3.63, 3.8) is 0 Å². The monoisotopic (exact) mass is 424 g/mol. The lowest BCUT2D eigenvalue weighted by Crippen LogP contribution is -2.07. The van der Waals surface area contributed by atoms with E-state index in [9.17, 15) is 8.42 Å². The van der Waals surface area contributed by atoms with E-state index in [0.717, 1.165) is 5.56 Å². The first-order valence-corrected chi connectivity index (χ1v) is 10.8. The van der Waals surface area contributed by atoms with Crippen LogP contribution in [0.2, 0.25) is 5.02 Å². The Bertz CT molecular complexity index is 1220. The molecule has 146 valence electrons. The zero-order chi connectivity index (χ0) is 20.3. The molecule has 0 radical (unpaired) electrons. The van der Waals surface area contributed by atoms with Gasteiger partial charge in [0.2, 0.25) is 26.6 Å². The number of sulfone groups is 1. The Morgan fingerprint density at radius 3 is 2.17 bits per heavy atom. The third-order valence-corrected chi connectivity index (χ3v) is 6.31. The van der Waals surface area contributed by atoms with Gasteiger partial charge in [-0.2, -0.15) is 4.98 Å². The van der Waals surface area contributed by atoms with Crippen LogP contribution in [0.1, 0.15) is 5.56 Å². The van der Waals surface area contributed by atoms with Crippen LogP contribution in [-0.2, 0) is 16.4 Å². The zero-order valence-electron chi connectivity index (χ0n) is 15.2. The van der Waals surface area contributed by atoms with Crippen molar-refractivity contribution in [2.75, 3.05) is 5.32 Å². The molecule has 0 unspecified atom stereocenters. The number of aromatic nitrogens is 1. The predicted molar refractivity (Wildman–Crippen MR) is 113 cm³/mol. The summed E-state index contributed by atoms with van der Waals surface area (Å²) in [6, 6.07) is 24.7. The molecule has 3 aromatic carbocycles. The summed E-state index contributed by atoms with van der Waals surface area (Å²) in [6.07, 6.45) is 0. The molecular weight excluding hydrogens is 408 g/mol. The molecule has 4 aromatic rings. The summed E-state index contributed by atoms with van der Waals surface area (Å²) in [7, 11) is -3.88. The van der Waals surface area contributed by atoms with Gasteiger partial charge in [-0.3, -0.25) is 0 Å². The predicted octanol–water partition coefficient (Wildman–Crippen LogP) is 5.44. The normalized spacial score (nSPS) is 11.3. The maximum atomic E-state index is 13.2. The second kappa shape index (κ2) is 8.11. The number of hydrogen-bond donors (Lipinski definition) is 1. The fraction of sp³-hybridized carbons (Fsp3) is 0.0455. The van der Waals surface area contributed by atoms with Crippen molar-refractivity contribution in [2.45, 2.75) is 16.5 Å². The number of oxazole rings is 1. The Morgan fingerprint density at radius 2 is 1.48 bits per heavy atom. The molecule has 0 atom stereocenters. The molecule has 0 aliphatic carbocycles. The average Bonchev–Trinajstić information content (AvgIpc) is 3.19. The topological polar surface area (TPSA) is 72.2 Å². The van der Waals surface area contributed by atoms with E-state index in [1.54, 1.807) is 42.5 Å². The molecular formula is C22H17ClN2O3S. The van der Waals surface area contributed by atoms with Gasteiger partial charge in [0, 0.05) is 6.54 Å². The van der Waals surface area contributed by atoms with Crippen LogP contribution in [0.25, 0.3) is 11.5 Å². The highest BCUT2D eigenvalue weighted by molar-refractivity contribution is 7.91. The standard InChI is InChI=1S/C22H17ClN2O3S/c23-19-14-8-7-13-18(19)20-25-22(29(26,27)17-11-5-2-6-12-17)21(28-20)24-15-16-9-3-1-4-10-16/h1-14,24H,15H2. The SMILES string of the molecule is O=S(=O)(c1ccccc1)c1nc(-c2ccccc2Cl)oc1NCc1ccccc1. The quantitative estimate of drug-likeness (QED) is 0.446. The minimum atomic E-state index is -3.88. The number of nitrogens with one attached hydrogen (secondary N) is 1. The van der Waals surface area contributed by atoms with Gasteiger partial charge in [0.05, 0.1) is 15.5 Å². The van der Waals surface area contributed by atoms with Gasteiger partial charge in [-0.15, -0.1) is 0 Å². The minimum absolute atomic E-state index is 0.0765. The van der Waals surface area contributed by atoms with Crippen LogP contribution in [0.4, 0.5) is 5.88 Å². The van der Waals surface area contributed by atoms with Gasteiger partial charge in [0.15, 0.2) is 0 Å². The van der Waals surface area contributed by atoms with E-state index < -0.39 is 9.84 Å². The molecule has 0 fully saturated rings. The van der Waals surface area contributed by atoms with Crippen LogP contribution in [0.15, 0.2) is 99.3 Å². The third kappa shape index (κ3) is 4.04. The van der Waals surface area contributed by atoms with E-state index >= 15 is 0 Å². The number of benzene rings is 3. The lowest BCUT2D eigenvalue weighted by Gasteiger charge is -2.06. The molecule has 0 aliphatic heterocycles. The van der Waals surface area contributed by atoms with Crippen molar-refractivity contribution in [3.05, 3.63) is 95.5 Å². The number of hydrogen-bond acceptors (Lipinski definition) is 5. The lowest BCUT2D eigenvalue weighted by molar-refractivity contribution is 0.577. The fourth-order valence-electron chi connectivity index (χ4n) is 2.84. The Labute approximate surface area is 173 Å². The van der Waals surface area contributed by atoms with Gasteiger partial charge in [0.25, 0.3) is 0 Å². The van der Waals surface area contributed by atoms with Crippen molar-refractivity contribution in [1.29, 1.82) is 0 Å². The van der Waals surface area contributed by atoms with Crippen molar-refractivity contribution in [2.24, 2.45) is 0 Å². The molecule has 0 amide bonds. The van der Waals surface area contributed by atoms with Crippen LogP contribution in [-0.4, -0.2) is 13.4 Å². The van der Waals surface area contributed by atoms with Gasteiger partial charge in [0.1, 0.15) is 0 Å². The van der Waals surface area contributed by atoms with E-state index in [1.807, 2.05) is 30.3 Å². The first kappa shape index (κ1) is 19.2. The Balaban J connectivity index is 1.79. The Kier molecular flexibility index (Phi) is 5.38. The van der Waals surface area contributed by atoms with Crippen LogP contribution >= 0.6 is 11.6 Å². The van der Waals surface area contributed by atoms with E-state index in [1.165, 1.54) is 12.1 Å². The van der Waals surface area contributed by atoms with Crippen LogP contribution in [0.3, 0.4) is 0 Å². The van der Waals surface area contributed by atoms with Crippen LogP contribution in [0, 0.1) is 0 Å². The second-order valence-electron chi connectivity index (χ2n) is 6.29. The summed E-state index contributed by atoms with van der Waals surface area (Å²) in [5.41, 5.74) is 1.50. The maximum absolute atomic E-state index is 13.2. The molecule has 0 saturated heterocycles. The number of rotatable bonds is 6. The molecule has 5 nitrogen and oxygen atoms in total. The summed E-state index contributed by atoms with van der Waals surface area (Å²) in [4.78, 5) is 4.44. The lowest BCUT2D eigenvalue weighted by atomic mass is 10.2. The molecule has 1 heterocycles. The largest absolute Gasteiger partial charge is 0.419 e. The number of nitrogens with zero attached hydrogens (tertiary/aromatic N) is 1. The molecule has 0 bridgehead atoms. The van der Waals surface area contributed by atoms with Gasteiger partial charge in [-0.1, -0.05) is 72.3 Å². The maximum Gasteiger partial charge on any atom is 0.234 e. The van der Waals surface area contributed by atoms with E-state index in [4.69, 9.17) is 16.0 Å². The first-order valence-electron chi connectivity index (χ1n) is 8.89. The summed E-state index contributed by atoms with van der Waals surface area (Å²) in [5, 5.41) is 3.32. The van der Waals surface area contributed by atoms with Gasteiger partial charge in [-0.05, 0) is 29.8 Å². The molecule has 0 saturated carbocycles. The minimum Gasteiger partial charge on any atom is -0.419 e. The zero-order valence-corrected chi connectivity index (χ0v) is 16.8. The summed E-state index contributed by atoms with van der Waals surface area (Å²) < 4.78 is 32.2. The number of anilines is 1. The molecule has 7 heteroatoms. The highest BCUT2D eigenvalue weighted by Crippen LogP contribution is 2.35. The summed E-state index contributed by atoms with van der Waals surface area (Å²) >= 11 is 6.25. The number of halogens is 1. The molecule has 4 rings (SSSR count). The van der Waals surface area contributed by atoms with E-state index in [0.29, 0.717) is 17.1 Å². The average molecular weight is 425 g/mol. The highest BCUT2D eigenvalue weighted by atomic mass is 35.5. The molecule has 29 heavy (non-hydrogen) atoms. The van der Waals surface area contributed by atoms with Gasteiger partial charge < -0.3 is 9.73 Å². The first-order chi connectivity index (χ1) is 14.1. The van der Waals surface area contributed by atoms with E-state index in [-0.39, 0.29) is 21.7 Å². The molecule has 0 spiro atoms. The van der Waals surface area contributed by atoms with Crippen molar-refractivity contribution in [3.8, 4) is 11.5 Å². The van der Waals surface area contributed by atoms with Crippen LogP contribution in [0.5, 0.6) is 0 Å².